The minimum atomic E-state index is -0.918. The van der Waals surface area contributed by atoms with Gasteiger partial charge < -0.3 is 5.11 Å². The molecule has 0 aliphatic rings. The van der Waals surface area contributed by atoms with Crippen molar-refractivity contribution in [2.75, 3.05) is 0 Å². The van der Waals surface area contributed by atoms with Gasteiger partial charge in [-0.05, 0) is 43.3 Å². The molecule has 84 valence electrons. The van der Waals surface area contributed by atoms with Crippen molar-refractivity contribution in [1.29, 1.82) is 0 Å². The maximum absolute atomic E-state index is 10.7. The summed E-state index contributed by atoms with van der Waals surface area (Å²) in [7, 11) is 0. The van der Waals surface area contributed by atoms with Gasteiger partial charge in [-0.2, -0.15) is 0 Å². The normalized spacial score (nSPS) is 9.47. The molecule has 0 fully saturated rings. The molecule has 0 unspecified atom stereocenters. The standard InChI is InChI=1S/C14H10O2S/c1-10-2-8-13(17-10)9-5-11-3-6-12(7-4-11)14(15)16/h2-4,6-8H,1H3,(H,15,16). The number of thiophene rings is 1. The average Bonchev–Trinajstić information content (AvgIpc) is 2.73. The van der Waals surface area contributed by atoms with Gasteiger partial charge in [-0.3, -0.25) is 0 Å². The van der Waals surface area contributed by atoms with Crippen molar-refractivity contribution in [2.24, 2.45) is 0 Å². The highest BCUT2D eigenvalue weighted by Crippen LogP contribution is 2.13. The summed E-state index contributed by atoms with van der Waals surface area (Å²) in [6.45, 7) is 2.04. The third-order valence-electron chi connectivity index (χ3n) is 2.20. The van der Waals surface area contributed by atoms with E-state index >= 15 is 0 Å². The fourth-order valence-corrected chi connectivity index (χ4v) is 2.05. The average molecular weight is 242 g/mol. The van der Waals surface area contributed by atoms with E-state index in [2.05, 4.69) is 11.8 Å². The van der Waals surface area contributed by atoms with Crippen LogP contribution in [0.4, 0.5) is 0 Å². The van der Waals surface area contributed by atoms with Gasteiger partial charge in [0, 0.05) is 10.4 Å². The van der Waals surface area contributed by atoms with E-state index in [4.69, 9.17) is 5.11 Å². The first-order valence-electron chi connectivity index (χ1n) is 5.07. The number of carbonyl (C=O) groups is 1. The van der Waals surface area contributed by atoms with Crippen LogP contribution in [-0.2, 0) is 0 Å². The lowest BCUT2D eigenvalue weighted by Crippen LogP contribution is -1.94. The summed E-state index contributed by atoms with van der Waals surface area (Å²) in [6.07, 6.45) is 0. The van der Waals surface area contributed by atoms with Crippen LogP contribution in [0.15, 0.2) is 36.4 Å². The van der Waals surface area contributed by atoms with Crippen molar-refractivity contribution in [1.82, 2.24) is 0 Å². The molecule has 0 spiro atoms. The molecule has 0 saturated carbocycles. The first kappa shape index (κ1) is 11.4. The van der Waals surface area contributed by atoms with Crippen LogP contribution < -0.4 is 0 Å². The van der Waals surface area contributed by atoms with E-state index in [0.717, 1.165) is 10.4 Å². The number of rotatable bonds is 1. The van der Waals surface area contributed by atoms with Gasteiger partial charge in [0.15, 0.2) is 0 Å². The monoisotopic (exact) mass is 242 g/mol. The Hall–Kier alpha value is -2.05. The van der Waals surface area contributed by atoms with E-state index in [1.807, 2.05) is 19.1 Å². The van der Waals surface area contributed by atoms with Gasteiger partial charge in [0.25, 0.3) is 0 Å². The second-order valence-corrected chi connectivity index (χ2v) is 4.83. The van der Waals surface area contributed by atoms with E-state index in [9.17, 15) is 4.79 Å². The minimum absolute atomic E-state index is 0.280. The number of aromatic carboxylic acids is 1. The van der Waals surface area contributed by atoms with Gasteiger partial charge in [0.2, 0.25) is 0 Å². The molecule has 0 aliphatic heterocycles. The van der Waals surface area contributed by atoms with E-state index in [1.165, 1.54) is 4.88 Å². The van der Waals surface area contributed by atoms with Gasteiger partial charge in [-0.25, -0.2) is 4.79 Å². The summed E-state index contributed by atoms with van der Waals surface area (Å²) in [5.74, 6) is 5.14. The summed E-state index contributed by atoms with van der Waals surface area (Å²) < 4.78 is 0. The van der Waals surface area contributed by atoms with Gasteiger partial charge in [-0.1, -0.05) is 11.8 Å². The first-order chi connectivity index (χ1) is 8.15. The van der Waals surface area contributed by atoms with Crippen LogP contribution in [0.25, 0.3) is 0 Å². The lowest BCUT2D eigenvalue weighted by atomic mass is 10.1. The van der Waals surface area contributed by atoms with Crippen molar-refractivity contribution in [3.63, 3.8) is 0 Å². The summed E-state index contributed by atoms with van der Waals surface area (Å²) in [5, 5.41) is 8.75. The molecule has 0 bridgehead atoms. The lowest BCUT2D eigenvalue weighted by molar-refractivity contribution is 0.0697. The van der Waals surface area contributed by atoms with E-state index in [-0.39, 0.29) is 5.56 Å². The number of hydrogen-bond acceptors (Lipinski definition) is 2. The second kappa shape index (κ2) is 4.86. The van der Waals surface area contributed by atoms with Gasteiger partial charge in [0.1, 0.15) is 0 Å². The van der Waals surface area contributed by atoms with Crippen molar-refractivity contribution in [3.8, 4) is 11.8 Å². The quantitative estimate of drug-likeness (QED) is 0.780. The summed E-state index contributed by atoms with van der Waals surface area (Å²) >= 11 is 1.65. The third-order valence-corrected chi connectivity index (χ3v) is 3.12. The number of carboxylic acids is 1. The maximum Gasteiger partial charge on any atom is 0.335 e. The largest absolute Gasteiger partial charge is 0.478 e. The Morgan fingerprint density at radius 3 is 2.35 bits per heavy atom. The molecule has 1 N–H and O–H groups in total. The topological polar surface area (TPSA) is 37.3 Å². The van der Waals surface area contributed by atoms with E-state index < -0.39 is 5.97 Å². The molecule has 0 radical (unpaired) electrons. The molecule has 2 rings (SSSR count). The summed E-state index contributed by atoms with van der Waals surface area (Å²) in [4.78, 5) is 12.9. The molecule has 17 heavy (non-hydrogen) atoms. The van der Waals surface area contributed by atoms with Crippen molar-refractivity contribution in [2.45, 2.75) is 6.92 Å². The van der Waals surface area contributed by atoms with Gasteiger partial charge in [0.05, 0.1) is 10.4 Å². The van der Waals surface area contributed by atoms with E-state index in [0.29, 0.717) is 0 Å². The van der Waals surface area contributed by atoms with Crippen LogP contribution in [-0.4, -0.2) is 11.1 Å². The van der Waals surface area contributed by atoms with Crippen LogP contribution >= 0.6 is 11.3 Å². The minimum Gasteiger partial charge on any atom is -0.478 e. The highest BCUT2D eigenvalue weighted by atomic mass is 32.1. The van der Waals surface area contributed by atoms with Gasteiger partial charge >= 0.3 is 5.97 Å². The predicted octanol–water partition coefficient (Wildman–Crippen LogP) is 3.15. The summed E-state index contributed by atoms with van der Waals surface area (Å²) in [5.41, 5.74) is 1.10. The number of hydrogen-bond donors (Lipinski definition) is 1. The molecule has 0 aliphatic carbocycles. The molecular formula is C14H10O2S. The Balaban J connectivity index is 2.19. The Morgan fingerprint density at radius 1 is 1.12 bits per heavy atom. The number of aryl methyl sites for hydroxylation is 1. The fraction of sp³-hybridized carbons (Fsp3) is 0.0714. The molecule has 2 aromatic rings. The van der Waals surface area contributed by atoms with Crippen molar-refractivity contribution < 1.29 is 9.90 Å². The molecular weight excluding hydrogens is 232 g/mol. The second-order valence-electron chi connectivity index (χ2n) is 3.54. The maximum atomic E-state index is 10.7. The third kappa shape index (κ3) is 2.96. The lowest BCUT2D eigenvalue weighted by Gasteiger charge is -1.93. The number of carboxylic acid groups (broad SMARTS) is 1. The Kier molecular flexibility index (Phi) is 3.27. The zero-order valence-corrected chi connectivity index (χ0v) is 10.0. The highest BCUT2D eigenvalue weighted by molar-refractivity contribution is 7.12. The molecule has 3 heteroatoms. The zero-order valence-electron chi connectivity index (χ0n) is 9.23. The molecule has 1 heterocycles. The SMILES string of the molecule is Cc1ccc(C#Cc2ccc(C(=O)O)cc2)s1. The van der Waals surface area contributed by atoms with Crippen LogP contribution in [0.2, 0.25) is 0 Å². The first-order valence-corrected chi connectivity index (χ1v) is 5.88. The van der Waals surface area contributed by atoms with Crippen LogP contribution in [0.1, 0.15) is 25.7 Å². The van der Waals surface area contributed by atoms with Crippen LogP contribution in [0, 0.1) is 18.8 Å². The molecule has 2 nitrogen and oxygen atoms in total. The number of benzene rings is 1. The Bertz CT molecular complexity index is 597. The van der Waals surface area contributed by atoms with E-state index in [1.54, 1.807) is 35.6 Å². The smallest absolute Gasteiger partial charge is 0.335 e. The zero-order chi connectivity index (χ0) is 12.3. The summed E-state index contributed by atoms with van der Waals surface area (Å²) in [6, 6.07) is 10.6. The predicted molar refractivity (Wildman–Crippen MR) is 68.4 cm³/mol. The van der Waals surface area contributed by atoms with Crippen LogP contribution in [0.5, 0.6) is 0 Å². The Labute approximate surface area is 104 Å². The Morgan fingerprint density at radius 2 is 1.82 bits per heavy atom. The van der Waals surface area contributed by atoms with Gasteiger partial charge in [-0.15, -0.1) is 11.3 Å². The van der Waals surface area contributed by atoms with Crippen LogP contribution in [0.3, 0.4) is 0 Å². The molecule has 1 aromatic heterocycles. The molecule has 0 atom stereocenters. The van der Waals surface area contributed by atoms with Crippen molar-refractivity contribution >= 4 is 17.3 Å². The molecule has 0 amide bonds. The fourth-order valence-electron chi connectivity index (χ4n) is 1.33. The molecule has 1 aromatic carbocycles. The molecule has 0 saturated heterocycles. The van der Waals surface area contributed by atoms with Crippen molar-refractivity contribution in [3.05, 3.63) is 57.3 Å². The highest BCUT2D eigenvalue weighted by Gasteiger charge is 2.00.